The fraction of sp³-hybridized carbons (Fsp3) is 1.00. The van der Waals surface area contributed by atoms with Gasteiger partial charge in [0.05, 0.1) is 5.60 Å². The Morgan fingerprint density at radius 3 is 2.59 bits per heavy atom. The predicted octanol–water partition coefficient (Wildman–Crippen LogP) is 4.78. The summed E-state index contributed by atoms with van der Waals surface area (Å²) in [5.41, 5.74) is -0.369. The Balaban J connectivity index is 2.56. The predicted molar refractivity (Wildman–Crippen MR) is 75.1 cm³/mol. The quantitative estimate of drug-likeness (QED) is 0.708. The Morgan fingerprint density at radius 1 is 1.29 bits per heavy atom. The molecule has 1 N–H and O–H groups in total. The number of unbranched alkanes of at least 4 members (excludes halogenated alkanes) is 1. The zero-order valence-corrected chi connectivity index (χ0v) is 12.3. The van der Waals surface area contributed by atoms with Gasteiger partial charge >= 0.3 is 0 Å². The summed E-state index contributed by atoms with van der Waals surface area (Å²) >= 11 is 0. The smallest absolute Gasteiger partial charge is 0.0678 e. The van der Waals surface area contributed by atoms with E-state index in [4.69, 9.17) is 0 Å². The lowest BCUT2D eigenvalue weighted by Crippen LogP contribution is -2.44. The van der Waals surface area contributed by atoms with Gasteiger partial charge in [0.25, 0.3) is 0 Å². The van der Waals surface area contributed by atoms with E-state index in [9.17, 15) is 5.11 Å². The van der Waals surface area contributed by atoms with Crippen LogP contribution >= 0.6 is 0 Å². The summed E-state index contributed by atoms with van der Waals surface area (Å²) in [6.45, 7) is 9.10. The highest BCUT2D eigenvalue weighted by Gasteiger charge is 2.40. The molecule has 0 aromatic heterocycles. The van der Waals surface area contributed by atoms with Crippen molar-refractivity contribution < 1.29 is 5.11 Å². The van der Waals surface area contributed by atoms with E-state index < -0.39 is 0 Å². The second kappa shape index (κ2) is 6.78. The van der Waals surface area contributed by atoms with Gasteiger partial charge in [0, 0.05) is 0 Å². The summed E-state index contributed by atoms with van der Waals surface area (Å²) in [5, 5.41) is 10.9. The molecule has 4 unspecified atom stereocenters. The molecule has 0 aromatic carbocycles. The van der Waals surface area contributed by atoms with Crippen molar-refractivity contribution in [1.29, 1.82) is 0 Å². The molecule has 1 fully saturated rings. The first-order valence-electron chi connectivity index (χ1n) is 7.75. The molecule has 1 aliphatic carbocycles. The zero-order chi connectivity index (χ0) is 12.9. The molecule has 0 aliphatic heterocycles. The normalized spacial score (nSPS) is 35.8. The largest absolute Gasteiger partial charge is 0.390 e. The van der Waals surface area contributed by atoms with Crippen LogP contribution in [0.3, 0.4) is 0 Å². The fourth-order valence-electron chi connectivity index (χ4n) is 3.47. The molecule has 4 atom stereocenters. The maximum absolute atomic E-state index is 10.9. The van der Waals surface area contributed by atoms with Crippen molar-refractivity contribution in [2.45, 2.75) is 84.7 Å². The molecule has 1 aliphatic rings. The van der Waals surface area contributed by atoms with E-state index in [0.717, 1.165) is 18.8 Å². The van der Waals surface area contributed by atoms with Gasteiger partial charge < -0.3 is 5.11 Å². The van der Waals surface area contributed by atoms with Gasteiger partial charge in [0.2, 0.25) is 0 Å². The van der Waals surface area contributed by atoms with E-state index >= 15 is 0 Å². The summed E-state index contributed by atoms with van der Waals surface area (Å²) in [7, 11) is 0. The maximum Gasteiger partial charge on any atom is 0.0678 e. The van der Waals surface area contributed by atoms with Gasteiger partial charge in [-0.05, 0) is 30.6 Å². The van der Waals surface area contributed by atoms with Crippen LogP contribution in [0.15, 0.2) is 0 Å². The SMILES string of the molecule is CCCCC(CC)CC1(O)CCCC(C)C1C. The second-order valence-electron chi connectivity index (χ2n) is 6.38. The number of hydrogen-bond acceptors (Lipinski definition) is 1. The second-order valence-corrected chi connectivity index (χ2v) is 6.38. The van der Waals surface area contributed by atoms with E-state index in [1.165, 1.54) is 38.5 Å². The van der Waals surface area contributed by atoms with Crippen molar-refractivity contribution in [3.8, 4) is 0 Å². The molecule has 0 heterocycles. The molecule has 0 aromatic rings. The highest BCUT2D eigenvalue weighted by Crippen LogP contribution is 2.42. The molecule has 1 nitrogen and oxygen atoms in total. The van der Waals surface area contributed by atoms with Gasteiger partial charge in [0.15, 0.2) is 0 Å². The van der Waals surface area contributed by atoms with Gasteiger partial charge in [-0.15, -0.1) is 0 Å². The summed E-state index contributed by atoms with van der Waals surface area (Å²) < 4.78 is 0. The van der Waals surface area contributed by atoms with E-state index in [0.29, 0.717) is 11.8 Å². The Bertz CT molecular complexity index is 214. The summed E-state index contributed by atoms with van der Waals surface area (Å²) in [4.78, 5) is 0. The van der Waals surface area contributed by atoms with Gasteiger partial charge in [-0.3, -0.25) is 0 Å². The summed E-state index contributed by atoms with van der Waals surface area (Å²) in [6.07, 6.45) is 9.71. The third-order valence-electron chi connectivity index (χ3n) is 5.16. The molecule has 17 heavy (non-hydrogen) atoms. The molecule has 102 valence electrons. The van der Waals surface area contributed by atoms with Crippen LogP contribution in [0.25, 0.3) is 0 Å². The lowest BCUT2D eigenvalue weighted by molar-refractivity contribution is -0.0802. The Morgan fingerprint density at radius 2 is 2.00 bits per heavy atom. The van der Waals surface area contributed by atoms with Crippen LogP contribution < -0.4 is 0 Å². The average molecular weight is 240 g/mol. The molecule has 0 spiro atoms. The molecular weight excluding hydrogens is 208 g/mol. The topological polar surface area (TPSA) is 20.2 Å². The standard InChI is InChI=1S/C16H32O/c1-5-7-10-15(6-2)12-16(17)11-8-9-13(3)14(16)4/h13-15,17H,5-12H2,1-4H3. The Kier molecular flexibility index (Phi) is 5.99. The first-order chi connectivity index (χ1) is 8.03. The molecule has 0 amide bonds. The molecule has 0 bridgehead atoms. The van der Waals surface area contributed by atoms with Crippen molar-refractivity contribution in [3.63, 3.8) is 0 Å². The summed E-state index contributed by atoms with van der Waals surface area (Å²) in [5.74, 6) is 1.90. The van der Waals surface area contributed by atoms with E-state index in [1.54, 1.807) is 0 Å². The number of rotatable bonds is 6. The fourth-order valence-corrected chi connectivity index (χ4v) is 3.47. The lowest BCUT2D eigenvalue weighted by Gasteiger charge is -2.44. The lowest BCUT2D eigenvalue weighted by atomic mass is 9.66. The molecular formula is C16H32O. The van der Waals surface area contributed by atoms with Gasteiger partial charge in [0.1, 0.15) is 0 Å². The van der Waals surface area contributed by atoms with Crippen LogP contribution in [-0.4, -0.2) is 10.7 Å². The van der Waals surface area contributed by atoms with Gasteiger partial charge in [-0.1, -0.05) is 66.2 Å². The molecule has 1 heteroatoms. The zero-order valence-electron chi connectivity index (χ0n) is 12.3. The van der Waals surface area contributed by atoms with E-state index in [-0.39, 0.29) is 5.60 Å². The molecule has 1 rings (SSSR count). The van der Waals surface area contributed by atoms with E-state index in [1.807, 2.05) is 0 Å². The molecule has 0 saturated heterocycles. The Labute approximate surface area is 108 Å². The monoisotopic (exact) mass is 240 g/mol. The third-order valence-corrected chi connectivity index (χ3v) is 5.16. The first kappa shape index (κ1) is 15.0. The highest BCUT2D eigenvalue weighted by molar-refractivity contribution is 4.92. The van der Waals surface area contributed by atoms with Crippen molar-refractivity contribution in [3.05, 3.63) is 0 Å². The van der Waals surface area contributed by atoms with Crippen LogP contribution in [0, 0.1) is 17.8 Å². The first-order valence-corrected chi connectivity index (χ1v) is 7.75. The van der Waals surface area contributed by atoms with Crippen LogP contribution in [0.2, 0.25) is 0 Å². The van der Waals surface area contributed by atoms with Crippen molar-refractivity contribution in [2.75, 3.05) is 0 Å². The minimum absolute atomic E-state index is 0.369. The minimum atomic E-state index is -0.369. The van der Waals surface area contributed by atoms with Crippen molar-refractivity contribution in [2.24, 2.45) is 17.8 Å². The van der Waals surface area contributed by atoms with Gasteiger partial charge in [-0.2, -0.15) is 0 Å². The molecule has 0 radical (unpaired) electrons. The Hall–Kier alpha value is -0.0400. The average Bonchev–Trinajstić information content (AvgIpc) is 2.31. The third kappa shape index (κ3) is 3.98. The van der Waals surface area contributed by atoms with Crippen LogP contribution in [0.4, 0.5) is 0 Å². The number of hydrogen-bond donors (Lipinski definition) is 1. The van der Waals surface area contributed by atoms with Gasteiger partial charge in [-0.25, -0.2) is 0 Å². The van der Waals surface area contributed by atoms with E-state index in [2.05, 4.69) is 27.7 Å². The summed E-state index contributed by atoms with van der Waals surface area (Å²) in [6, 6.07) is 0. The van der Waals surface area contributed by atoms with Crippen LogP contribution in [-0.2, 0) is 0 Å². The number of aliphatic hydroxyl groups is 1. The van der Waals surface area contributed by atoms with Crippen molar-refractivity contribution in [1.82, 2.24) is 0 Å². The maximum atomic E-state index is 10.9. The van der Waals surface area contributed by atoms with Crippen LogP contribution in [0.1, 0.15) is 79.1 Å². The minimum Gasteiger partial charge on any atom is -0.390 e. The van der Waals surface area contributed by atoms with Crippen LogP contribution in [0.5, 0.6) is 0 Å². The molecule has 1 saturated carbocycles. The van der Waals surface area contributed by atoms with Crippen molar-refractivity contribution >= 4 is 0 Å². The highest BCUT2D eigenvalue weighted by atomic mass is 16.3.